The van der Waals surface area contributed by atoms with Gasteiger partial charge in [0.2, 0.25) is 0 Å². The van der Waals surface area contributed by atoms with Gasteiger partial charge in [0.05, 0.1) is 11.8 Å². The minimum absolute atomic E-state index is 0.224. The lowest BCUT2D eigenvalue weighted by molar-refractivity contribution is 0.209. The monoisotopic (exact) mass is 271 g/mol. The smallest absolute Gasteiger partial charge is 0.423 e. The van der Waals surface area contributed by atoms with Gasteiger partial charge in [-0.2, -0.15) is 0 Å². The molecule has 1 heterocycles. The molecule has 0 amide bonds. The first-order chi connectivity index (χ1) is 9.65. The summed E-state index contributed by atoms with van der Waals surface area (Å²) in [4.78, 5) is 0. The van der Waals surface area contributed by atoms with Gasteiger partial charge in [0.15, 0.2) is 0 Å². The highest BCUT2D eigenvalue weighted by atomic mass is 19.1. The zero-order chi connectivity index (χ0) is 14.1. The fraction of sp³-hybridized carbons (Fsp3) is 0.200. The molecule has 0 radical (unpaired) electrons. The van der Waals surface area contributed by atoms with E-state index in [1.165, 1.54) is 6.07 Å². The maximum absolute atomic E-state index is 14.0. The molecule has 1 unspecified atom stereocenters. The second-order valence-electron chi connectivity index (χ2n) is 4.93. The molecule has 5 heteroatoms. The number of hydrogen-bond acceptors (Lipinski definition) is 3. The zero-order valence-corrected chi connectivity index (χ0v) is 11.1. The summed E-state index contributed by atoms with van der Waals surface area (Å²) in [6, 6.07) is 12.9. The van der Waals surface area contributed by atoms with E-state index in [9.17, 15) is 9.41 Å². The summed E-state index contributed by atoms with van der Waals surface area (Å²) in [6.45, 7) is 2.39. The van der Waals surface area contributed by atoms with Crippen LogP contribution in [-0.2, 0) is 11.2 Å². The predicted molar refractivity (Wildman–Crippen MR) is 77.3 cm³/mol. The summed E-state index contributed by atoms with van der Waals surface area (Å²) in [5.41, 5.74) is 2.85. The maximum Gasteiger partial charge on any atom is 0.492 e. The standard InChI is InChI=1S/C15H15BFNO2/c1-10-12-7-15(14(17)8-13(12)16(19)20-10)18-9-11-5-3-2-4-6-11/h2-8,10,18-19H,9H2,1H3. The van der Waals surface area contributed by atoms with Crippen molar-refractivity contribution in [3.8, 4) is 0 Å². The van der Waals surface area contributed by atoms with Crippen LogP contribution in [-0.4, -0.2) is 12.1 Å². The number of nitrogens with one attached hydrogen (secondary N) is 1. The predicted octanol–water partition coefficient (Wildman–Crippen LogP) is 2.22. The number of anilines is 1. The number of hydrogen-bond donors (Lipinski definition) is 2. The van der Waals surface area contributed by atoms with Crippen molar-refractivity contribution in [1.82, 2.24) is 0 Å². The van der Waals surface area contributed by atoms with Crippen molar-refractivity contribution in [2.45, 2.75) is 19.6 Å². The summed E-state index contributed by atoms with van der Waals surface area (Å²) in [7, 11) is -1.03. The van der Waals surface area contributed by atoms with E-state index in [0.717, 1.165) is 11.1 Å². The molecule has 3 rings (SSSR count). The molecule has 1 atom stereocenters. The summed E-state index contributed by atoms with van der Waals surface area (Å²) in [5.74, 6) is -0.378. The van der Waals surface area contributed by atoms with Gasteiger partial charge in [-0.05, 0) is 35.6 Å². The van der Waals surface area contributed by atoms with E-state index in [1.54, 1.807) is 6.07 Å². The molecule has 0 aromatic heterocycles. The Hall–Kier alpha value is -1.85. The van der Waals surface area contributed by atoms with Gasteiger partial charge in [0, 0.05) is 6.54 Å². The van der Waals surface area contributed by atoms with Crippen LogP contribution in [0.4, 0.5) is 10.1 Å². The number of benzene rings is 2. The molecular weight excluding hydrogens is 256 g/mol. The fourth-order valence-corrected chi connectivity index (χ4v) is 2.44. The molecule has 0 spiro atoms. The van der Waals surface area contributed by atoms with Crippen molar-refractivity contribution in [2.75, 3.05) is 5.32 Å². The van der Waals surface area contributed by atoms with Crippen molar-refractivity contribution in [3.05, 3.63) is 59.4 Å². The van der Waals surface area contributed by atoms with E-state index < -0.39 is 7.12 Å². The van der Waals surface area contributed by atoms with Crippen LogP contribution in [0.5, 0.6) is 0 Å². The van der Waals surface area contributed by atoms with Crippen LogP contribution in [0.2, 0.25) is 0 Å². The molecule has 2 N–H and O–H groups in total. The number of fused-ring (bicyclic) bond motifs is 1. The third kappa shape index (κ3) is 2.42. The van der Waals surface area contributed by atoms with Crippen LogP contribution in [0, 0.1) is 5.82 Å². The van der Waals surface area contributed by atoms with Crippen LogP contribution in [0.15, 0.2) is 42.5 Å². The van der Waals surface area contributed by atoms with Crippen molar-refractivity contribution in [3.63, 3.8) is 0 Å². The van der Waals surface area contributed by atoms with E-state index >= 15 is 0 Å². The lowest BCUT2D eigenvalue weighted by atomic mass is 9.79. The third-order valence-electron chi connectivity index (χ3n) is 3.54. The Morgan fingerprint density at radius 1 is 1.30 bits per heavy atom. The van der Waals surface area contributed by atoms with E-state index in [4.69, 9.17) is 4.65 Å². The highest BCUT2D eigenvalue weighted by Gasteiger charge is 2.33. The maximum atomic E-state index is 14.0. The molecule has 2 aromatic carbocycles. The van der Waals surface area contributed by atoms with Gasteiger partial charge >= 0.3 is 7.12 Å². The van der Waals surface area contributed by atoms with Gasteiger partial charge in [-0.3, -0.25) is 0 Å². The molecule has 0 saturated heterocycles. The van der Waals surface area contributed by atoms with Crippen molar-refractivity contribution in [1.29, 1.82) is 0 Å². The second-order valence-corrected chi connectivity index (χ2v) is 4.93. The second kappa shape index (κ2) is 5.27. The van der Waals surface area contributed by atoms with Gasteiger partial charge in [0.1, 0.15) is 5.82 Å². The lowest BCUT2D eigenvalue weighted by Gasteiger charge is -2.11. The van der Waals surface area contributed by atoms with E-state index in [0.29, 0.717) is 17.7 Å². The first-order valence-electron chi connectivity index (χ1n) is 6.60. The van der Waals surface area contributed by atoms with Crippen LogP contribution in [0.1, 0.15) is 24.2 Å². The minimum Gasteiger partial charge on any atom is -0.423 e. The molecule has 0 bridgehead atoms. The Labute approximate surface area is 117 Å². The molecule has 20 heavy (non-hydrogen) atoms. The summed E-state index contributed by atoms with van der Waals surface area (Å²) in [5, 5.41) is 12.7. The van der Waals surface area contributed by atoms with Gasteiger partial charge in [-0.1, -0.05) is 30.3 Å². The van der Waals surface area contributed by atoms with E-state index in [-0.39, 0.29) is 11.9 Å². The molecule has 0 aliphatic carbocycles. The quantitative estimate of drug-likeness (QED) is 0.841. The van der Waals surface area contributed by atoms with Gasteiger partial charge in [-0.25, -0.2) is 4.39 Å². The highest BCUT2D eigenvalue weighted by molar-refractivity contribution is 6.61. The van der Waals surface area contributed by atoms with Gasteiger partial charge in [-0.15, -0.1) is 0 Å². The Morgan fingerprint density at radius 2 is 2.05 bits per heavy atom. The van der Waals surface area contributed by atoms with Gasteiger partial charge < -0.3 is 15.0 Å². The Bertz CT molecular complexity index is 621. The first-order valence-corrected chi connectivity index (χ1v) is 6.60. The minimum atomic E-state index is -1.03. The summed E-state index contributed by atoms with van der Waals surface area (Å²) < 4.78 is 19.3. The van der Waals surface area contributed by atoms with Crippen LogP contribution in [0.3, 0.4) is 0 Å². The average molecular weight is 271 g/mol. The summed E-state index contributed by atoms with van der Waals surface area (Å²) >= 11 is 0. The zero-order valence-electron chi connectivity index (χ0n) is 11.1. The third-order valence-corrected chi connectivity index (χ3v) is 3.54. The Kier molecular flexibility index (Phi) is 3.46. The van der Waals surface area contributed by atoms with Crippen LogP contribution >= 0.6 is 0 Å². The fourth-order valence-electron chi connectivity index (χ4n) is 2.44. The highest BCUT2D eigenvalue weighted by Crippen LogP contribution is 2.27. The SMILES string of the molecule is CC1OB(O)c2cc(F)c(NCc3ccccc3)cc21. The molecule has 0 fully saturated rings. The van der Waals surface area contributed by atoms with Crippen molar-refractivity contribution < 1.29 is 14.1 Å². The molecule has 2 aromatic rings. The molecule has 0 saturated carbocycles. The number of halogens is 1. The van der Waals surface area contributed by atoms with Gasteiger partial charge in [0.25, 0.3) is 0 Å². The first kappa shape index (κ1) is 13.2. The number of rotatable bonds is 3. The molecule has 3 nitrogen and oxygen atoms in total. The van der Waals surface area contributed by atoms with E-state index in [2.05, 4.69) is 5.32 Å². The average Bonchev–Trinajstić information content (AvgIpc) is 2.72. The normalized spacial score (nSPS) is 17.1. The lowest BCUT2D eigenvalue weighted by Crippen LogP contribution is -2.28. The van der Waals surface area contributed by atoms with Crippen LogP contribution in [0.25, 0.3) is 0 Å². The van der Waals surface area contributed by atoms with Crippen molar-refractivity contribution in [2.24, 2.45) is 0 Å². The van der Waals surface area contributed by atoms with Crippen molar-refractivity contribution >= 4 is 18.3 Å². The van der Waals surface area contributed by atoms with E-state index in [1.807, 2.05) is 37.3 Å². The Balaban J connectivity index is 1.83. The molecule has 1 aliphatic heterocycles. The molecular formula is C15H15BFNO2. The van der Waals surface area contributed by atoms with Crippen LogP contribution < -0.4 is 10.8 Å². The summed E-state index contributed by atoms with van der Waals surface area (Å²) in [6.07, 6.45) is -0.224. The molecule has 1 aliphatic rings. The topological polar surface area (TPSA) is 41.5 Å². The molecule has 102 valence electrons. The Morgan fingerprint density at radius 3 is 2.80 bits per heavy atom. The largest absolute Gasteiger partial charge is 0.492 e.